The third kappa shape index (κ3) is 4.82. The van der Waals surface area contributed by atoms with Crippen LogP contribution in [-0.2, 0) is 0 Å². The fourth-order valence-corrected chi connectivity index (χ4v) is 6.83. The lowest BCUT2D eigenvalue weighted by Gasteiger charge is -2.33. The number of aromatic hydroxyl groups is 1. The molecule has 206 valence electrons. The van der Waals surface area contributed by atoms with Crippen LogP contribution in [0.3, 0.4) is 0 Å². The maximum absolute atomic E-state index is 9.85. The number of aromatic nitrogens is 2. The Labute approximate surface area is 246 Å². The third-order valence-electron chi connectivity index (χ3n) is 8.33. The monoisotopic (exact) mass is 571 g/mol. The van der Waals surface area contributed by atoms with E-state index in [0.717, 1.165) is 63.7 Å². The fourth-order valence-electron chi connectivity index (χ4n) is 6.19. The Balaban J connectivity index is 1.43. The molecule has 0 spiro atoms. The molecule has 2 aliphatic rings. The quantitative estimate of drug-likeness (QED) is 0.246. The Morgan fingerprint density at radius 1 is 0.975 bits per heavy atom. The largest absolute Gasteiger partial charge is 0.508 e. The highest BCUT2D eigenvalue weighted by Crippen LogP contribution is 2.45. The summed E-state index contributed by atoms with van der Waals surface area (Å²) in [5.74, 6) is 1.00. The van der Waals surface area contributed by atoms with Crippen molar-refractivity contribution in [1.82, 2.24) is 14.9 Å². The number of benzene rings is 2. The van der Waals surface area contributed by atoms with Gasteiger partial charge in [0.15, 0.2) is 5.11 Å². The predicted octanol–water partition coefficient (Wildman–Crippen LogP) is 7.26. The molecule has 2 aromatic heterocycles. The molecule has 0 unspecified atom stereocenters. The van der Waals surface area contributed by atoms with Crippen LogP contribution in [0.5, 0.6) is 5.75 Å². The summed E-state index contributed by atoms with van der Waals surface area (Å²) in [6.07, 6.45) is 4.19. The molecular weight excluding hydrogens is 538 g/mol. The van der Waals surface area contributed by atoms with E-state index in [4.69, 9.17) is 28.8 Å². The number of nitrogens with zero attached hydrogens (tertiary/aromatic N) is 4. The van der Waals surface area contributed by atoms with Gasteiger partial charge >= 0.3 is 0 Å². The number of thiocarbonyl (C=S) groups is 1. The summed E-state index contributed by atoms with van der Waals surface area (Å²) in [5, 5.41) is 14.8. The van der Waals surface area contributed by atoms with E-state index in [1.54, 1.807) is 12.1 Å². The highest BCUT2D eigenvalue weighted by atomic mass is 35.5. The van der Waals surface area contributed by atoms with Crippen molar-refractivity contribution in [2.75, 3.05) is 22.9 Å². The third-order valence-corrected chi connectivity index (χ3v) is 8.95. The summed E-state index contributed by atoms with van der Waals surface area (Å²) in [6.45, 7) is 8.61. The van der Waals surface area contributed by atoms with E-state index in [0.29, 0.717) is 5.11 Å². The summed E-state index contributed by atoms with van der Waals surface area (Å²) in [4.78, 5) is 9.29. The van der Waals surface area contributed by atoms with Gasteiger partial charge in [0, 0.05) is 42.0 Å². The van der Waals surface area contributed by atoms with E-state index in [-0.39, 0.29) is 17.8 Å². The lowest BCUT2D eigenvalue weighted by molar-refractivity contribution is 0.438. The molecule has 2 aromatic carbocycles. The number of rotatable bonds is 5. The summed E-state index contributed by atoms with van der Waals surface area (Å²) in [5.41, 5.74) is 7.32. The fraction of sp³-hybridized carbons (Fsp3) is 0.312. The number of hydrogen-bond acceptors (Lipinski definition) is 4. The second-order valence-corrected chi connectivity index (χ2v) is 11.8. The summed E-state index contributed by atoms with van der Waals surface area (Å²) in [6, 6.07) is 21.6. The van der Waals surface area contributed by atoms with Crippen molar-refractivity contribution >= 4 is 40.3 Å². The number of halogens is 1. The molecule has 0 saturated carbocycles. The zero-order chi connectivity index (χ0) is 28.0. The smallest absolute Gasteiger partial charge is 0.174 e. The summed E-state index contributed by atoms with van der Waals surface area (Å²) in [7, 11) is 0. The molecule has 4 heterocycles. The van der Waals surface area contributed by atoms with E-state index in [9.17, 15) is 5.11 Å². The van der Waals surface area contributed by atoms with Crippen LogP contribution in [-0.4, -0.2) is 32.9 Å². The molecule has 0 amide bonds. The van der Waals surface area contributed by atoms with Crippen LogP contribution in [0.4, 0.5) is 11.4 Å². The van der Waals surface area contributed by atoms with Crippen molar-refractivity contribution in [2.24, 2.45) is 5.92 Å². The van der Waals surface area contributed by atoms with Crippen molar-refractivity contribution in [3.63, 3.8) is 0 Å². The first-order valence-corrected chi connectivity index (χ1v) is 14.6. The van der Waals surface area contributed by atoms with Gasteiger partial charge in [0.2, 0.25) is 0 Å². The molecule has 2 atom stereocenters. The van der Waals surface area contributed by atoms with Gasteiger partial charge in [-0.1, -0.05) is 24.6 Å². The number of phenolic OH excluding ortho intramolecular Hbond substituents is 1. The van der Waals surface area contributed by atoms with Crippen molar-refractivity contribution in [3.8, 4) is 11.4 Å². The SMILES string of the molecule is Cc1cc([C@@H]2[C@@H](c3ccccn3)NC(=S)N2c2ccc(N3CCC(C)CC3)c(Cl)c2)c(C)n1-c1ccc(O)cc1. The van der Waals surface area contributed by atoms with Crippen LogP contribution in [0.1, 0.15) is 54.5 Å². The first-order chi connectivity index (χ1) is 19.3. The first kappa shape index (κ1) is 26.7. The van der Waals surface area contributed by atoms with Crippen molar-refractivity contribution in [3.05, 3.63) is 101 Å². The molecular formula is C32H34ClN5OS. The average molecular weight is 572 g/mol. The zero-order valence-corrected chi connectivity index (χ0v) is 24.6. The molecule has 2 N–H and O–H groups in total. The second kappa shape index (κ2) is 10.8. The Kier molecular flexibility index (Phi) is 7.19. The van der Waals surface area contributed by atoms with E-state index < -0.39 is 0 Å². The second-order valence-electron chi connectivity index (χ2n) is 11.0. The lowest BCUT2D eigenvalue weighted by atomic mass is 9.96. The minimum absolute atomic E-state index is 0.141. The Morgan fingerprint density at radius 3 is 2.38 bits per heavy atom. The molecule has 6 rings (SSSR count). The topological polar surface area (TPSA) is 56.6 Å². The average Bonchev–Trinajstić information content (AvgIpc) is 3.45. The molecule has 2 fully saturated rings. The zero-order valence-electron chi connectivity index (χ0n) is 23.0. The number of aryl methyl sites for hydroxylation is 1. The number of hydrogen-bond donors (Lipinski definition) is 2. The lowest BCUT2D eigenvalue weighted by Crippen LogP contribution is -2.33. The van der Waals surface area contributed by atoms with Gasteiger partial charge in [0.05, 0.1) is 28.5 Å². The van der Waals surface area contributed by atoms with E-state index in [1.165, 1.54) is 12.8 Å². The van der Waals surface area contributed by atoms with Crippen LogP contribution in [0.25, 0.3) is 5.69 Å². The molecule has 40 heavy (non-hydrogen) atoms. The number of nitrogens with one attached hydrogen (secondary N) is 1. The van der Waals surface area contributed by atoms with E-state index in [2.05, 4.69) is 64.7 Å². The van der Waals surface area contributed by atoms with E-state index >= 15 is 0 Å². The van der Waals surface area contributed by atoms with Gasteiger partial charge in [-0.15, -0.1) is 0 Å². The van der Waals surface area contributed by atoms with Crippen molar-refractivity contribution in [1.29, 1.82) is 0 Å². The Bertz CT molecular complexity index is 1530. The maximum atomic E-state index is 9.85. The van der Waals surface area contributed by atoms with Gasteiger partial charge in [0.25, 0.3) is 0 Å². The highest BCUT2D eigenvalue weighted by molar-refractivity contribution is 7.80. The van der Waals surface area contributed by atoms with Gasteiger partial charge < -0.3 is 24.8 Å². The summed E-state index contributed by atoms with van der Waals surface area (Å²) >= 11 is 12.9. The van der Waals surface area contributed by atoms with Crippen LogP contribution >= 0.6 is 23.8 Å². The molecule has 2 aliphatic heterocycles. The Hall–Kier alpha value is -3.55. The first-order valence-electron chi connectivity index (χ1n) is 13.8. The molecule has 6 nitrogen and oxygen atoms in total. The standard InChI is InChI=1S/C32H34ClN5OS/c1-20-13-16-36(17-14-20)29-12-9-24(19-27(29)33)38-31(30(35-32(38)40)28-6-4-5-15-34-28)26-18-21(2)37(22(26)3)23-7-10-25(39)11-8-23/h4-12,15,18-20,30-31,39H,13-14,16-17H2,1-3H3,(H,35,40)/t30-,31-/m1/s1. The Morgan fingerprint density at radius 2 is 1.70 bits per heavy atom. The number of pyridine rings is 1. The number of phenols is 1. The van der Waals surface area contributed by atoms with Crippen LogP contribution in [0, 0.1) is 19.8 Å². The molecule has 8 heteroatoms. The molecule has 0 radical (unpaired) electrons. The van der Waals surface area contributed by atoms with E-state index in [1.807, 2.05) is 36.5 Å². The van der Waals surface area contributed by atoms with Gasteiger partial charge in [-0.25, -0.2) is 0 Å². The molecule has 0 bridgehead atoms. The highest BCUT2D eigenvalue weighted by Gasteiger charge is 2.42. The minimum Gasteiger partial charge on any atom is -0.508 e. The number of anilines is 2. The maximum Gasteiger partial charge on any atom is 0.174 e. The van der Waals surface area contributed by atoms with Gasteiger partial charge in [-0.3, -0.25) is 4.98 Å². The van der Waals surface area contributed by atoms with Gasteiger partial charge in [-0.2, -0.15) is 0 Å². The number of piperidine rings is 1. The van der Waals surface area contributed by atoms with Crippen LogP contribution < -0.4 is 15.1 Å². The molecule has 4 aromatic rings. The van der Waals surface area contributed by atoms with Gasteiger partial charge in [-0.05, 0) is 111 Å². The predicted molar refractivity (Wildman–Crippen MR) is 167 cm³/mol. The molecule has 2 saturated heterocycles. The van der Waals surface area contributed by atoms with Crippen molar-refractivity contribution < 1.29 is 5.11 Å². The normalized spacial score (nSPS) is 19.8. The van der Waals surface area contributed by atoms with Crippen LogP contribution in [0.15, 0.2) is 72.9 Å². The van der Waals surface area contributed by atoms with Crippen LogP contribution in [0.2, 0.25) is 5.02 Å². The summed E-state index contributed by atoms with van der Waals surface area (Å²) < 4.78 is 2.22. The van der Waals surface area contributed by atoms with Crippen molar-refractivity contribution in [2.45, 2.75) is 45.7 Å². The van der Waals surface area contributed by atoms with Gasteiger partial charge in [0.1, 0.15) is 5.75 Å². The minimum atomic E-state index is -0.149. The molecule has 0 aliphatic carbocycles.